The van der Waals surface area contributed by atoms with Gasteiger partial charge in [0.1, 0.15) is 0 Å². The summed E-state index contributed by atoms with van der Waals surface area (Å²) in [6.07, 6.45) is 3.03. The molecule has 2 aromatic rings. The lowest BCUT2D eigenvalue weighted by Gasteiger charge is -2.06. The van der Waals surface area contributed by atoms with Gasteiger partial charge >= 0.3 is 0 Å². The van der Waals surface area contributed by atoms with Crippen LogP contribution in [-0.4, -0.2) is 4.57 Å². The van der Waals surface area contributed by atoms with Crippen LogP contribution >= 0.6 is 0 Å². The van der Waals surface area contributed by atoms with Crippen LogP contribution in [0.15, 0.2) is 36.9 Å². The van der Waals surface area contributed by atoms with Crippen molar-refractivity contribution in [2.24, 2.45) is 0 Å². The minimum Gasteiger partial charge on any atom is -0.344 e. The molecule has 0 spiro atoms. The van der Waals surface area contributed by atoms with Crippen molar-refractivity contribution < 1.29 is 0 Å². The van der Waals surface area contributed by atoms with Crippen molar-refractivity contribution in [1.82, 2.24) is 4.57 Å². The Kier molecular flexibility index (Phi) is 2.63. The molecule has 0 saturated carbocycles. The van der Waals surface area contributed by atoms with Crippen molar-refractivity contribution in [1.29, 1.82) is 0 Å². The van der Waals surface area contributed by atoms with Gasteiger partial charge in [-0.2, -0.15) is 0 Å². The predicted molar refractivity (Wildman–Crippen MR) is 66.3 cm³/mol. The lowest BCUT2D eigenvalue weighted by Crippen LogP contribution is -2.01. The number of aromatic nitrogens is 1. The Balaban J connectivity index is 2.77. The molecule has 0 aliphatic carbocycles. The number of fused-ring (bicyclic) bond motifs is 1. The number of nitrogens with zero attached hydrogens (tertiary/aromatic N) is 1. The van der Waals surface area contributed by atoms with Crippen LogP contribution in [0.3, 0.4) is 0 Å². The number of rotatable bonds is 3. The standard InChI is InChI=1S/C14H17N/c1-4-10-15-11(3)12-8-6-7-9-13(12)14(15)5-2/h4,6-9H,1,5,10H2,2-3H3. The highest BCUT2D eigenvalue weighted by molar-refractivity contribution is 5.88. The zero-order chi connectivity index (χ0) is 10.8. The number of allylic oxidation sites excluding steroid dienone is 1. The van der Waals surface area contributed by atoms with E-state index in [-0.39, 0.29) is 0 Å². The van der Waals surface area contributed by atoms with Gasteiger partial charge in [-0.25, -0.2) is 0 Å². The average molecular weight is 199 g/mol. The molecule has 2 rings (SSSR count). The molecule has 0 atom stereocenters. The zero-order valence-electron chi connectivity index (χ0n) is 9.46. The molecule has 0 saturated heterocycles. The molecular weight excluding hydrogens is 182 g/mol. The topological polar surface area (TPSA) is 4.93 Å². The Labute approximate surface area is 91.0 Å². The molecule has 0 aliphatic rings. The van der Waals surface area contributed by atoms with E-state index in [1.807, 2.05) is 6.08 Å². The van der Waals surface area contributed by atoms with Gasteiger partial charge in [0.05, 0.1) is 0 Å². The number of benzene rings is 1. The Hall–Kier alpha value is -1.50. The van der Waals surface area contributed by atoms with Crippen LogP contribution in [0.2, 0.25) is 0 Å². The van der Waals surface area contributed by atoms with Crippen LogP contribution < -0.4 is 0 Å². The Bertz CT molecular complexity index is 491. The molecule has 1 nitrogen and oxygen atoms in total. The Morgan fingerprint density at radius 3 is 2.53 bits per heavy atom. The van der Waals surface area contributed by atoms with Gasteiger partial charge in [-0.1, -0.05) is 37.3 Å². The molecule has 0 N–H and O–H groups in total. The first-order valence-electron chi connectivity index (χ1n) is 5.47. The fourth-order valence-electron chi connectivity index (χ4n) is 2.30. The quantitative estimate of drug-likeness (QED) is 0.664. The van der Waals surface area contributed by atoms with Crippen LogP contribution in [-0.2, 0) is 13.0 Å². The minimum atomic E-state index is 0.906. The highest BCUT2D eigenvalue weighted by Gasteiger charge is 2.10. The SMILES string of the molecule is C=CCn1c(C)c2ccccc2c1CC. The van der Waals surface area contributed by atoms with Gasteiger partial charge in [-0.05, 0) is 13.3 Å². The van der Waals surface area contributed by atoms with Gasteiger partial charge in [0.25, 0.3) is 0 Å². The largest absolute Gasteiger partial charge is 0.344 e. The average Bonchev–Trinajstić information content (AvgIpc) is 2.54. The van der Waals surface area contributed by atoms with Crippen molar-refractivity contribution >= 4 is 10.8 Å². The summed E-state index contributed by atoms with van der Waals surface area (Å²) in [5.41, 5.74) is 2.77. The number of hydrogen-bond donors (Lipinski definition) is 0. The van der Waals surface area contributed by atoms with Crippen LogP contribution in [0.25, 0.3) is 10.8 Å². The first-order chi connectivity index (χ1) is 7.29. The maximum Gasteiger partial charge on any atom is 0.0403 e. The van der Waals surface area contributed by atoms with E-state index in [0.29, 0.717) is 0 Å². The highest BCUT2D eigenvalue weighted by Crippen LogP contribution is 2.26. The monoisotopic (exact) mass is 199 g/mol. The molecule has 0 aliphatic heterocycles. The summed E-state index contributed by atoms with van der Waals surface area (Å²) < 4.78 is 2.36. The number of hydrogen-bond acceptors (Lipinski definition) is 0. The van der Waals surface area contributed by atoms with E-state index in [2.05, 4.69) is 49.3 Å². The lowest BCUT2D eigenvalue weighted by atomic mass is 10.1. The summed E-state index contributed by atoms with van der Waals surface area (Å²) in [7, 11) is 0. The molecule has 1 aromatic heterocycles. The van der Waals surface area contributed by atoms with Crippen molar-refractivity contribution in [3.63, 3.8) is 0 Å². The van der Waals surface area contributed by atoms with Crippen molar-refractivity contribution in [3.05, 3.63) is 48.3 Å². The van der Waals surface area contributed by atoms with Gasteiger partial charge in [-0.3, -0.25) is 0 Å². The molecule has 1 heteroatoms. The van der Waals surface area contributed by atoms with Gasteiger partial charge in [0.15, 0.2) is 0 Å². The summed E-state index contributed by atoms with van der Waals surface area (Å²) in [5.74, 6) is 0. The first-order valence-corrected chi connectivity index (χ1v) is 5.47. The van der Waals surface area contributed by atoms with E-state index in [1.54, 1.807) is 0 Å². The molecule has 0 bridgehead atoms. The molecule has 1 heterocycles. The van der Waals surface area contributed by atoms with Crippen molar-refractivity contribution in [3.8, 4) is 0 Å². The molecule has 0 unspecified atom stereocenters. The van der Waals surface area contributed by atoms with E-state index in [4.69, 9.17) is 0 Å². The Morgan fingerprint density at radius 1 is 1.27 bits per heavy atom. The Morgan fingerprint density at radius 2 is 1.93 bits per heavy atom. The second-order valence-corrected chi connectivity index (χ2v) is 3.83. The lowest BCUT2D eigenvalue weighted by molar-refractivity contribution is 0.750. The molecule has 0 fully saturated rings. The van der Waals surface area contributed by atoms with Crippen LogP contribution in [0, 0.1) is 6.92 Å². The van der Waals surface area contributed by atoms with E-state index in [1.165, 1.54) is 22.2 Å². The second-order valence-electron chi connectivity index (χ2n) is 3.83. The van der Waals surface area contributed by atoms with Gasteiger partial charge in [0, 0.05) is 28.7 Å². The summed E-state index contributed by atoms with van der Waals surface area (Å²) in [6, 6.07) is 8.62. The van der Waals surface area contributed by atoms with Crippen molar-refractivity contribution in [2.45, 2.75) is 26.8 Å². The van der Waals surface area contributed by atoms with Gasteiger partial charge in [0.2, 0.25) is 0 Å². The van der Waals surface area contributed by atoms with Crippen molar-refractivity contribution in [2.75, 3.05) is 0 Å². The van der Waals surface area contributed by atoms with Crippen LogP contribution in [0.5, 0.6) is 0 Å². The summed E-state index contributed by atoms with van der Waals surface area (Å²) in [6.45, 7) is 9.12. The summed E-state index contributed by atoms with van der Waals surface area (Å²) in [5, 5.41) is 2.76. The number of aryl methyl sites for hydroxylation is 2. The summed E-state index contributed by atoms with van der Waals surface area (Å²) >= 11 is 0. The smallest absolute Gasteiger partial charge is 0.0403 e. The third-order valence-electron chi connectivity index (χ3n) is 3.01. The van der Waals surface area contributed by atoms with E-state index < -0.39 is 0 Å². The molecule has 0 amide bonds. The molecule has 1 aromatic carbocycles. The third-order valence-corrected chi connectivity index (χ3v) is 3.01. The maximum absolute atomic E-state index is 3.82. The molecular formula is C14H17N. The highest BCUT2D eigenvalue weighted by atomic mass is 15.0. The normalized spacial score (nSPS) is 10.8. The molecule has 15 heavy (non-hydrogen) atoms. The van der Waals surface area contributed by atoms with Crippen LogP contribution in [0.4, 0.5) is 0 Å². The van der Waals surface area contributed by atoms with Gasteiger partial charge in [-0.15, -0.1) is 6.58 Å². The predicted octanol–water partition coefficient (Wildman–Crippen LogP) is 3.70. The third kappa shape index (κ3) is 1.48. The first kappa shape index (κ1) is 10.0. The fraction of sp³-hybridized carbons (Fsp3) is 0.286. The van der Waals surface area contributed by atoms with Crippen LogP contribution in [0.1, 0.15) is 18.3 Å². The second kappa shape index (κ2) is 3.93. The van der Waals surface area contributed by atoms with E-state index in [0.717, 1.165) is 13.0 Å². The maximum atomic E-state index is 3.82. The minimum absolute atomic E-state index is 0.906. The van der Waals surface area contributed by atoms with Gasteiger partial charge < -0.3 is 4.57 Å². The zero-order valence-corrected chi connectivity index (χ0v) is 9.46. The molecule has 0 radical (unpaired) electrons. The fourth-order valence-corrected chi connectivity index (χ4v) is 2.30. The molecule has 78 valence electrons. The summed E-state index contributed by atoms with van der Waals surface area (Å²) in [4.78, 5) is 0. The van der Waals surface area contributed by atoms with E-state index >= 15 is 0 Å². The van der Waals surface area contributed by atoms with E-state index in [9.17, 15) is 0 Å².